The summed E-state index contributed by atoms with van der Waals surface area (Å²) in [5.74, 6) is 0.501. The van der Waals surface area contributed by atoms with Crippen LogP contribution in [0.5, 0.6) is 11.5 Å². The smallest absolute Gasteiger partial charge is 0.259 e. The number of aromatic nitrogens is 1. The molecule has 2 heterocycles. The first kappa shape index (κ1) is 22.9. The molecule has 174 valence electrons. The number of piperazine rings is 1. The second-order valence-corrected chi connectivity index (χ2v) is 8.31. The quantitative estimate of drug-likeness (QED) is 0.615. The Kier molecular flexibility index (Phi) is 6.70. The first-order valence-corrected chi connectivity index (χ1v) is 11.2. The summed E-state index contributed by atoms with van der Waals surface area (Å²) in [6, 6.07) is 15.5. The third-order valence-corrected chi connectivity index (χ3v) is 6.42. The van der Waals surface area contributed by atoms with E-state index in [-0.39, 0.29) is 17.1 Å². The maximum absolute atomic E-state index is 13.4. The van der Waals surface area contributed by atoms with Crippen LogP contribution in [0.4, 0.5) is 10.1 Å². The molecule has 0 bridgehead atoms. The first-order valence-electron chi connectivity index (χ1n) is 11.2. The highest BCUT2D eigenvalue weighted by molar-refractivity contribution is 5.47. The van der Waals surface area contributed by atoms with E-state index in [0.717, 1.165) is 35.8 Å². The summed E-state index contributed by atoms with van der Waals surface area (Å²) in [4.78, 5) is 17.9. The molecule has 1 aliphatic rings. The van der Waals surface area contributed by atoms with Crippen LogP contribution in [-0.2, 0) is 6.54 Å². The molecule has 1 fully saturated rings. The van der Waals surface area contributed by atoms with E-state index < -0.39 is 6.04 Å². The molecule has 0 saturated carbocycles. The van der Waals surface area contributed by atoms with Crippen LogP contribution in [0.15, 0.2) is 59.4 Å². The van der Waals surface area contributed by atoms with Crippen molar-refractivity contribution in [2.75, 3.05) is 38.2 Å². The van der Waals surface area contributed by atoms with Crippen molar-refractivity contribution in [1.29, 1.82) is 0 Å². The van der Waals surface area contributed by atoms with E-state index >= 15 is 0 Å². The normalized spacial score (nSPS) is 15.5. The zero-order valence-electron chi connectivity index (χ0n) is 19.3. The van der Waals surface area contributed by atoms with Gasteiger partial charge in [0.15, 0.2) is 0 Å². The fraction of sp³-hybridized carbons (Fsp3) is 0.346. The molecule has 33 heavy (non-hydrogen) atoms. The van der Waals surface area contributed by atoms with Crippen LogP contribution in [0.25, 0.3) is 0 Å². The maximum Gasteiger partial charge on any atom is 0.259 e. The lowest BCUT2D eigenvalue weighted by atomic mass is 9.95. The summed E-state index contributed by atoms with van der Waals surface area (Å²) in [6.45, 7) is 7.13. The Morgan fingerprint density at radius 3 is 2.24 bits per heavy atom. The van der Waals surface area contributed by atoms with Crippen molar-refractivity contribution in [1.82, 2.24) is 9.47 Å². The highest BCUT2D eigenvalue weighted by Crippen LogP contribution is 2.34. The van der Waals surface area contributed by atoms with Gasteiger partial charge in [-0.2, -0.15) is 0 Å². The molecule has 3 aromatic rings. The van der Waals surface area contributed by atoms with Gasteiger partial charge >= 0.3 is 0 Å². The minimum absolute atomic E-state index is 0.0176. The van der Waals surface area contributed by atoms with Crippen LogP contribution < -0.4 is 15.2 Å². The highest BCUT2D eigenvalue weighted by atomic mass is 19.1. The fourth-order valence-electron chi connectivity index (χ4n) is 4.66. The van der Waals surface area contributed by atoms with Gasteiger partial charge in [-0.15, -0.1) is 0 Å². The van der Waals surface area contributed by atoms with Crippen LogP contribution in [0.2, 0.25) is 0 Å². The Morgan fingerprint density at radius 1 is 1.03 bits per heavy atom. The number of anilines is 1. The minimum atomic E-state index is -0.392. The number of nitrogens with zero attached hydrogens (tertiary/aromatic N) is 3. The third kappa shape index (κ3) is 4.59. The van der Waals surface area contributed by atoms with E-state index in [9.17, 15) is 14.3 Å². The van der Waals surface area contributed by atoms with Gasteiger partial charge < -0.3 is 19.3 Å². The highest BCUT2D eigenvalue weighted by Gasteiger charge is 2.31. The number of rotatable bonds is 6. The molecule has 6 nitrogen and oxygen atoms in total. The molecular weight excluding hydrogens is 421 g/mol. The lowest BCUT2D eigenvalue weighted by Gasteiger charge is -2.40. The second kappa shape index (κ2) is 9.67. The molecular formula is C26H30FN3O3. The molecule has 1 saturated heterocycles. The monoisotopic (exact) mass is 451 g/mol. The summed E-state index contributed by atoms with van der Waals surface area (Å²) >= 11 is 0. The van der Waals surface area contributed by atoms with Crippen LogP contribution >= 0.6 is 0 Å². The number of hydrogen-bond acceptors (Lipinski definition) is 5. The van der Waals surface area contributed by atoms with Gasteiger partial charge in [0.2, 0.25) is 0 Å². The third-order valence-electron chi connectivity index (χ3n) is 6.42. The topological polar surface area (TPSA) is 57.9 Å². The summed E-state index contributed by atoms with van der Waals surface area (Å²) in [5.41, 5.74) is 2.85. The number of pyridine rings is 1. The molecule has 0 radical (unpaired) electrons. The average Bonchev–Trinajstić information content (AvgIpc) is 2.83. The van der Waals surface area contributed by atoms with Gasteiger partial charge in [-0.1, -0.05) is 12.1 Å². The molecule has 1 aromatic heterocycles. The van der Waals surface area contributed by atoms with E-state index in [1.807, 2.05) is 38.1 Å². The van der Waals surface area contributed by atoms with Gasteiger partial charge in [0.1, 0.15) is 17.3 Å². The van der Waals surface area contributed by atoms with E-state index in [0.29, 0.717) is 25.2 Å². The molecule has 0 unspecified atom stereocenters. The van der Waals surface area contributed by atoms with E-state index in [1.165, 1.54) is 12.1 Å². The van der Waals surface area contributed by atoms with Crippen LogP contribution in [0.3, 0.4) is 0 Å². The number of methoxy groups -OCH3 is 1. The van der Waals surface area contributed by atoms with Crippen LogP contribution in [-0.4, -0.2) is 47.9 Å². The van der Waals surface area contributed by atoms with Crippen molar-refractivity contribution in [2.24, 2.45) is 0 Å². The maximum atomic E-state index is 13.4. The Bertz CT molecular complexity index is 1150. The molecule has 1 aliphatic heterocycles. The van der Waals surface area contributed by atoms with Gasteiger partial charge in [0, 0.05) is 44.1 Å². The number of aryl methyl sites for hydroxylation is 1. The first-order chi connectivity index (χ1) is 15.9. The van der Waals surface area contributed by atoms with E-state index in [4.69, 9.17) is 4.74 Å². The van der Waals surface area contributed by atoms with Gasteiger partial charge in [-0.05, 0) is 61.9 Å². The van der Waals surface area contributed by atoms with Gasteiger partial charge in [0.25, 0.3) is 5.56 Å². The molecule has 0 aliphatic carbocycles. The molecule has 0 amide bonds. The molecule has 7 heteroatoms. The Morgan fingerprint density at radius 2 is 1.67 bits per heavy atom. The fourth-order valence-corrected chi connectivity index (χ4v) is 4.66. The number of hydrogen-bond donors (Lipinski definition) is 1. The van der Waals surface area contributed by atoms with Crippen LogP contribution in [0.1, 0.15) is 29.8 Å². The average molecular weight is 452 g/mol. The molecule has 1 atom stereocenters. The van der Waals surface area contributed by atoms with Crippen molar-refractivity contribution in [2.45, 2.75) is 26.4 Å². The summed E-state index contributed by atoms with van der Waals surface area (Å²) in [7, 11) is 1.62. The van der Waals surface area contributed by atoms with Gasteiger partial charge in [-0.25, -0.2) is 4.39 Å². The number of aromatic hydroxyl groups is 1. The van der Waals surface area contributed by atoms with Crippen molar-refractivity contribution < 1.29 is 14.2 Å². The van der Waals surface area contributed by atoms with Crippen molar-refractivity contribution in [3.63, 3.8) is 0 Å². The Balaban J connectivity index is 1.70. The summed E-state index contributed by atoms with van der Waals surface area (Å²) in [5, 5.41) is 10.9. The largest absolute Gasteiger partial charge is 0.507 e. The number of benzene rings is 2. The van der Waals surface area contributed by atoms with E-state index in [2.05, 4.69) is 9.80 Å². The Labute approximate surface area is 193 Å². The van der Waals surface area contributed by atoms with Crippen LogP contribution in [0, 0.1) is 12.7 Å². The summed E-state index contributed by atoms with van der Waals surface area (Å²) < 4.78 is 20.3. The number of halogens is 1. The van der Waals surface area contributed by atoms with Crippen molar-refractivity contribution >= 4 is 5.69 Å². The predicted octanol–water partition coefficient (Wildman–Crippen LogP) is 3.94. The van der Waals surface area contributed by atoms with Crippen molar-refractivity contribution in [3.05, 3.63) is 87.6 Å². The zero-order chi connectivity index (χ0) is 23.5. The molecule has 2 aromatic carbocycles. The zero-order valence-corrected chi connectivity index (χ0v) is 19.3. The Hall–Kier alpha value is -3.32. The van der Waals surface area contributed by atoms with E-state index in [1.54, 1.807) is 29.9 Å². The SMILES string of the molecule is CCn1c(C)cc(O)c([C@@H](c2ccc(OC)cc2)N2CCN(c3ccc(F)cc3)CC2)c1=O. The molecule has 0 spiro atoms. The minimum Gasteiger partial charge on any atom is -0.507 e. The standard InChI is InChI=1S/C26H30FN3O3/c1-4-30-18(2)17-23(31)24(26(30)32)25(19-5-11-22(33-3)12-6-19)29-15-13-28(14-16-29)21-9-7-20(27)8-10-21/h5-12,17,25,31H,4,13-16H2,1-3H3/t25-/m1/s1. The number of ether oxygens (including phenoxy) is 1. The van der Waals surface area contributed by atoms with Crippen molar-refractivity contribution in [3.8, 4) is 11.5 Å². The molecule has 4 rings (SSSR count). The predicted molar refractivity (Wildman–Crippen MR) is 128 cm³/mol. The lowest BCUT2D eigenvalue weighted by Crippen LogP contribution is -2.49. The molecule has 1 N–H and O–H groups in total. The van der Waals surface area contributed by atoms with Gasteiger partial charge in [0.05, 0.1) is 18.7 Å². The second-order valence-electron chi connectivity index (χ2n) is 8.31. The van der Waals surface area contributed by atoms with Gasteiger partial charge in [-0.3, -0.25) is 9.69 Å². The lowest BCUT2D eigenvalue weighted by molar-refractivity contribution is 0.207. The summed E-state index contributed by atoms with van der Waals surface area (Å²) in [6.07, 6.45) is 0.